The molecule has 29 heavy (non-hydrogen) atoms. The lowest BCUT2D eigenvalue weighted by Crippen LogP contribution is -2.54. The van der Waals surface area contributed by atoms with E-state index in [4.69, 9.17) is 18.9 Å². The summed E-state index contributed by atoms with van der Waals surface area (Å²) >= 11 is 0. The van der Waals surface area contributed by atoms with E-state index in [0.717, 1.165) is 0 Å². The van der Waals surface area contributed by atoms with E-state index in [2.05, 4.69) is 0 Å². The number of aliphatic hydroxyl groups is 2. The molecular formula is C21H28O8. The SMILES string of the molecule is C/C=C(\C)C(=O)O[C@H]1C[C@](C)(O)[C@]2(O)CC[C@](C)(/C=C3/OC(=O)C(COC)=C31)O2. The Hall–Kier alpha value is -2.00. The first kappa shape index (κ1) is 21.7. The van der Waals surface area contributed by atoms with Crippen LogP contribution in [0.5, 0.6) is 0 Å². The van der Waals surface area contributed by atoms with Gasteiger partial charge in [0.25, 0.3) is 0 Å². The fourth-order valence-electron chi connectivity index (χ4n) is 3.94. The molecule has 3 aliphatic heterocycles. The lowest BCUT2D eigenvalue weighted by atomic mass is 9.82. The second kappa shape index (κ2) is 7.36. The third-order valence-corrected chi connectivity index (χ3v) is 5.88. The summed E-state index contributed by atoms with van der Waals surface area (Å²) in [5, 5.41) is 22.2. The summed E-state index contributed by atoms with van der Waals surface area (Å²) in [6.45, 7) is 6.43. The normalized spacial score (nSPS) is 39.1. The van der Waals surface area contributed by atoms with Crippen molar-refractivity contribution in [1.82, 2.24) is 0 Å². The summed E-state index contributed by atoms with van der Waals surface area (Å²) < 4.78 is 22.1. The van der Waals surface area contributed by atoms with Gasteiger partial charge in [0.15, 0.2) is 5.79 Å². The number of methoxy groups -OCH3 is 1. The monoisotopic (exact) mass is 408 g/mol. The van der Waals surface area contributed by atoms with Crippen molar-refractivity contribution < 1.29 is 38.7 Å². The van der Waals surface area contributed by atoms with Gasteiger partial charge < -0.3 is 29.2 Å². The Labute approximate surface area is 169 Å². The Morgan fingerprint density at radius 2 is 2.03 bits per heavy atom. The molecule has 3 aliphatic rings. The molecule has 8 heteroatoms. The number of ether oxygens (including phenoxy) is 4. The topological polar surface area (TPSA) is 112 Å². The van der Waals surface area contributed by atoms with Gasteiger partial charge in [0, 0.05) is 31.1 Å². The summed E-state index contributed by atoms with van der Waals surface area (Å²) in [6, 6.07) is 0. The first-order valence-electron chi connectivity index (χ1n) is 9.61. The summed E-state index contributed by atoms with van der Waals surface area (Å²) in [5.41, 5.74) is -1.83. The van der Waals surface area contributed by atoms with Crippen LogP contribution < -0.4 is 0 Å². The summed E-state index contributed by atoms with van der Waals surface area (Å²) in [4.78, 5) is 25.0. The van der Waals surface area contributed by atoms with Crippen molar-refractivity contribution in [2.75, 3.05) is 13.7 Å². The molecule has 1 saturated heterocycles. The van der Waals surface area contributed by atoms with Crippen molar-refractivity contribution in [3.05, 3.63) is 34.6 Å². The van der Waals surface area contributed by atoms with Gasteiger partial charge in [-0.1, -0.05) is 6.08 Å². The van der Waals surface area contributed by atoms with Crippen LogP contribution in [0.1, 0.15) is 47.0 Å². The van der Waals surface area contributed by atoms with Gasteiger partial charge in [-0.25, -0.2) is 9.59 Å². The molecule has 0 radical (unpaired) electrons. The molecule has 0 aromatic heterocycles. The predicted octanol–water partition coefficient (Wildman–Crippen LogP) is 1.66. The highest BCUT2D eigenvalue weighted by atomic mass is 16.7. The predicted molar refractivity (Wildman–Crippen MR) is 101 cm³/mol. The van der Waals surface area contributed by atoms with Crippen LogP contribution in [0.3, 0.4) is 0 Å². The average Bonchev–Trinajstić information content (AvgIpc) is 3.11. The van der Waals surface area contributed by atoms with Gasteiger partial charge in [-0.05, 0) is 40.2 Å². The molecule has 3 heterocycles. The van der Waals surface area contributed by atoms with Crippen LogP contribution in [0.2, 0.25) is 0 Å². The van der Waals surface area contributed by atoms with Crippen molar-refractivity contribution in [2.45, 2.75) is 70.1 Å². The molecule has 4 atom stereocenters. The minimum atomic E-state index is -1.84. The molecule has 0 saturated carbocycles. The first-order chi connectivity index (χ1) is 13.5. The molecule has 0 unspecified atom stereocenters. The van der Waals surface area contributed by atoms with Crippen molar-refractivity contribution in [3.8, 4) is 0 Å². The molecule has 0 aromatic carbocycles. The zero-order chi connectivity index (χ0) is 21.6. The van der Waals surface area contributed by atoms with Crippen LogP contribution in [0.15, 0.2) is 34.6 Å². The fraction of sp³-hybridized carbons (Fsp3) is 0.619. The zero-order valence-corrected chi connectivity index (χ0v) is 17.4. The molecule has 8 nitrogen and oxygen atoms in total. The van der Waals surface area contributed by atoms with E-state index in [1.807, 2.05) is 0 Å². The maximum Gasteiger partial charge on any atom is 0.342 e. The van der Waals surface area contributed by atoms with E-state index >= 15 is 0 Å². The summed E-state index contributed by atoms with van der Waals surface area (Å²) in [7, 11) is 1.44. The highest BCUT2D eigenvalue weighted by Gasteiger charge is 2.58. The van der Waals surface area contributed by atoms with E-state index < -0.39 is 35.0 Å². The second-order valence-electron chi connectivity index (χ2n) is 8.27. The van der Waals surface area contributed by atoms with Crippen molar-refractivity contribution in [3.63, 3.8) is 0 Å². The molecule has 2 bridgehead atoms. The van der Waals surface area contributed by atoms with Gasteiger partial charge >= 0.3 is 11.9 Å². The molecule has 2 N–H and O–H groups in total. The third kappa shape index (κ3) is 3.77. The molecule has 0 aromatic rings. The van der Waals surface area contributed by atoms with E-state index in [-0.39, 0.29) is 30.8 Å². The number of rotatable bonds is 4. The Morgan fingerprint density at radius 3 is 2.66 bits per heavy atom. The molecule has 0 spiro atoms. The van der Waals surface area contributed by atoms with Crippen LogP contribution in [0.4, 0.5) is 0 Å². The highest BCUT2D eigenvalue weighted by Crippen LogP contribution is 2.49. The fourth-order valence-corrected chi connectivity index (χ4v) is 3.94. The van der Waals surface area contributed by atoms with Crippen molar-refractivity contribution in [2.24, 2.45) is 0 Å². The van der Waals surface area contributed by atoms with Crippen molar-refractivity contribution >= 4 is 11.9 Å². The number of hydrogen-bond donors (Lipinski definition) is 2. The molecule has 0 aliphatic carbocycles. The van der Waals surface area contributed by atoms with Crippen molar-refractivity contribution in [1.29, 1.82) is 0 Å². The summed E-state index contributed by atoms with van der Waals surface area (Å²) in [5.74, 6) is -2.85. The maximum absolute atomic E-state index is 12.5. The molecular weight excluding hydrogens is 380 g/mol. The zero-order valence-electron chi connectivity index (χ0n) is 17.4. The number of carbonyl (C=O) groups excluding carboxylic acids is 2. The van der Waals surface area contributed by atoms with E-state index in [1.54, 1.807) is 32.9 Å². The Balaban J connectivity index is 2.17. The van der Waals surface area contributed by atoms with Gasteiger partial charge in [-0.2, -0.15) is 0 Å². The van der Waals surface area contributed by atoms with Crippen LogP contribution in [0.25, 0.3) is 0 Å². The number of allylic oxidation sites excluding steroid dienone is 1. The maximum atomic E-state index is 12.5. The van der Waals surface area contributed by atoms with Gasteiger partial charge in [0.05, 0.1) is 17.8 Å². The smallest absolute Gasteiger partial charge is 0.342 e. The Morgan fingerprint density at radius 1 is 1.34 bits per heavy atom. The molecule has 160 valence electrons. The largest absolute Gasteiger partial charge is 0.454 e. The number of fused-ring (bicyclic) bond motifs is 3. The number of hydrogen-bond acceptors (Lipinski definition) is 8. The van der Waals surface area contributed by atoms with Crippen LogP contribution in [0, 0.1) is 0 Å². The molecule has 3 rings (SSSR count). The molecule has 0 amide bonds. The van der Waals surface area contributed by atoms with Gasteiger partial charge in [-0.15, -0.1) is 0 Å². The van der Waals surface area contributed by atoms with Crippen LogP contribution >= 0.6 is 0 Å². The van der Waals surface area contributed by atoms with E-state index in [0.29, 0.717) is 17.6 Å². The van der Waals surface area contributed by atoms with Gasteiger partial charge in [-0.3, -0.25) is 0 Å². The highest BCUT2D eigenvalue weighted by molar-refractivity contribution is 5.95. The standard InChI is InChI=1S/C21H28O8/c1-6-12(2)17(22)27-15-10-20(4,24)21(25)8-7-19(3,29-21)9-14-16(15)13(11-26-5)18(23)28-14/h6,9,15,24-25H,7-8,10-11H2,1-5H3/b12-6+,14-9+/t15-,19+,20-,21-/m0/s1. The van der Waals surface area contributed by atoms with Crippen LogP contribution in [-0.4, -0.2) is 59.0 Å². The molecule has 1 fully saturated rings. The van der Waals surface area contributed by atoms with E-state index in [9.17, 15) is 19.8 Å². The Kier molecular flexibility index (Phi) is 5.51. The number of esters is 2. The quantitative estimate of drug-likeness (QED) is 0.534. The van der Waals surface area contributed by atoms with Gasteiger partial charge in [0.2, 0.25) is 0 Å². The minimum absolute atomic E-state index is 0.0495. The van der Waals surface area contributed by atoms with E-state index in [1.165, 1.54) is 14.0 Å². The lowest BCUT2D eigenvalue weighted by molar-refractivity contribution is -0.298. The second-order valence-corrected chi connectivity index (χ2v) is 8.27. The van der Waals surface area contributed by atoms with Crippen LogP contribution in [-0.2, 0) is 28.5 Å². The summed E-state index contributed by atoms with van der Waals surface area (Å²) in [6.07, 6.45) is 2.55. The third-order valence-electron chi connectivity index (χ3n) is 5.88. The van der Waals surface area contributed by atoms with Gasteiger partial charge in [0.1, 0.15) is 17.5 Å². The number of carbonyl (C=O) groups is 2. The minimum Gasteiger partial charge on any atom is -0.454 e. The lowest BCUT2D eigenvalue weighted by Gasteiger charge is -2.40. The Bertz CT molecular complexity index is 821. The average molecular weight is 408 g/mol. The first-order valence-corrected chi connectivity index (χ1v) is 9.61.